The van der Waals surface area contributed by atoms with Crippen LogP contribution in [0.15, 0.2) is 18.5 Å². The summed E-state index contributed by atoms with van der Waals surface area (Å²) < 4.78 is -1.99. The minimum atomic E-state index is -2.09. The van der Waals surface area contributed by atoms with Crippen molar-refractivity contribution in [3.63, 3.8) is 0 Å². The number of alkyl halides is 1. The van der Waals surface area contributed by atoms with E-state index in [1.807, 2.05) is 0 Å². The molecule has 0 aromatic carbocycles. The van der Waals surface area contributed by atoms with Gasteiger partial charge in [-0.25, -0.2) is 0 Å². The quantitative estimate of drug-likeness (QED) is 0.131. The van der Waals surface area contributed by atoms with Crippen LogP contribution in [-0.2, 0) is 9.59 Å². The summed E-state index contributed by atoms with van der Waals surface area (Å²) in [5.41, 5.74) is 8.57. The van der Waals surface area contributed by atoms with Crippen molar-refractivity contribution in [1.29, 1.82) is 0 Å². The Morgan fingerprint density at radius 1 is 1.36 bits per heavy atom. The molecule has 22 heavy (non-hydrogen) atoms. The maximum absolute atomic E-state index is 12.1. The molecule has 7 N–H and O–H groups in total. The number of rotatable bonds is 4. The second-order valence-corrected chi connectivity index (χ2v) is 8.31. The molecule has 1 aliphatic carbocycles. The second kappa shape index (κ2) is 8.14. The van der Waals surface area contributed by atoms with Crippen molar-refractivity contribution in [2.75, 3.05) is 6.61 Å². The summed E-state index contributed by atoms with van der Waals surface area (Å²) in [4.78, 5) is 23.8. The van der Waals surface area contributed by atoms with Crippen LogP contribution < -0.4 is 41.0 Å². The molecule has 0 aromatic rings. The zero-order valence-electron chi connectivity index (χ0n) is 12.7. The number of nitrogens with two attached hydrogens (primary N) is 2. The van der Waals surface area contributed by atoms with Crippen LogP contribution in [0.1, 0.15) is 8.35 Å². The first-order chi connectivity index (χ1) is 9.47. The average Bonchev–Trinajstić information content (AvgIpc) is 2.34. The Labute approximate surface area is 191 Å². The number of hydrogen-bond acceptors (Lipinski definition) is 5. The third kappa shape index (κ3) is 3.22. The Hall–Kier alpha value is 1.33. The van der Waals surface area contributed by atoms with Gasteiger partial charge in [-0.1, -0.05) is 6.92 Å². The van der Waals surface area contributed by atoms with Crippen molar-refractivity contribution in [2.45, 2.75) is 10.5 Å². The Morgan fingerprint density at radius 3 is 2.14 bits per heavy atom. The van der Waals surface area contributed by atoms with Gasteiger partial charge < -0.3 is 28.2 Å². The molecule has 0 saturated heterocycles. The largest absolute Gasteiger partial charge is 1.00 e. The van der Waals surface area contributed by atoms with Crippen molar-refractivity contribution in [1.82, 2.24) is 0 Å². The number of amides is 2. The number of aliphatic hydroxyl groups is 3. The van der Waals surface area contributed by atoms with E-state index in [1.165, 1.54) is 29.5 Å². The number of carbonyl (C=O) groups is 2. The third-order valence-corrected chi connectivity index (χ3v) is 7.29. The monoisotopic (exact) mass is 658 g/mol. The summed E-state index contributed by atoms with van der Waals surface area (Å²) in [6.45, 7) is 0.994. The molecular weight excluding hydrogens is 644 g/mol. The molecular formula is C11H14I3N2NaO5. The van der Waals surface area contributed by atoms with Crippen LogP contribution in [0.3, 0.4) is 0 Å². The first-order valence-electron chi connectivity index (χ1n) is 5.59. The Morgan fingerprint density at radius 2 is 1.82 bits per heavy atom. The van der Waals surface area contributed by atoms with Crippen molar-refractivity contribution in [3.8, 4) is 0 Å². The van der Waals surface area contributed by atoms with Gasteiger partial charge in [0.25, 0.3) is 0 Å². The molecule has 0 spiro atoms. The fourth-order valence-corrected chi connectivity index (χ4v) is 7.89. The van der Waals surface area contributed by atoms with E-state index in [0.29, 0.717) is 0 Å². The number of primary amides is 2. The fraction of sp³-hybridized carbons (Fsp3) is 0.455. The molecule has 7 nitrogen and oxygen atoms in total. The molecule has 0 aliphatic heterocycles. The SMILES string of the molecule is CC(CO)C1(C(N)=O)C(I)=C(O)C(I)=C(C(N)=O)C1(O)I.[H-].[Na+]. The molecule has 1 rings (SSSR count). The van der Waals surface area contributed by atoms with E-state index >= 15 is 0 Å². The van der Waals surface area contributed by atoms with Crippen LogP contribution >= 0.6 is 67.8 Å². The number of allylic oxidation sites excluding steroid dienone is 1. The minimum absolute atomic E-state index is 0. The summed E-state index contributed by atoms with van der Waals surface area (Å²) in [5, 5.41) is 30.6. The fourth-order valence-electron chi connectivity index (χ4n) is 2.36. The van der Waals surface area contributed by atoms with Crippen molar-refractivity contribution in [2.24, 2.45) is 22.8 Å². The van der Waals surface area contributed by atoms with Crippen LogP contribution in [0.5, 0.6) is 0 Å². The van der Waals surface area contributed by atoms with Gasteiger partial charge in [0.05, 0.1) is 12.7 Å². The molecule has 11 heteroatoms. The number of hydrogen-bond donors (Lipinski definition) is 5. The first kappa shape index (κ1) is 23.3. The minimum Gasteiger partial charge on any atom is -1.00 e. The van der Waals surface area contributed by atoms with Crippen LogP contribution in [0.2, 0.25) is 0 Å². The topological polar surface area (TPSA) is 147 Å². The Kier molecular flexibility index (Phi) is 8.63. The van der Waals surface area contributed by atoms with Crippen molar-refractivity contribution in [3.05, 3.63) is 18.5 Å². The van der Waals surface area contributed by atoms with E-state index in [1.54, 1.807) is 45.2 Å². The molecule has 1 aliphatic rings. The van der Waals surface area contributed by atoms with Gasteiger partial charge >= 0.3 is 29.6 Å². The maximum Gasteiger partial charge on any atom is 1.00 e. The molecule has 0 aromatic heterocycles. The smallest absolute Gasteiger partial charge is 1.00 e. The van der Waals surface area contributed by atoms with Crippen molar-refractivity contribution >= 4 is 79.6 Å². The standard InChI is InChI=1S/C11H13I3N2O5.Na.H/c1-3(2-17)10(9(16)20)7(13)6(18)5(12)4(8(15)19)11(10,14)21;;/h3,17-18,21H,2H2,1H3,(H2,15,19)(H2,16,20);;/q;+1;-1. The summed E-state index contributed by atoms with van der Waals surface area (Å²) in [6, 6.07) is 0. The number of carbonyl (C=O) groups excluding carboxylic acids is 2. The van der Waals surface area contributed by atoms with Gasteiger partial charge in [0, 0.05) is 12.5 Å². The molecule has 0 fully saturated rings. The molecule has 3 atom stereocenters. The van der Waals surface area contributed by atoms with E-state index in [2.05, 4.69) is 0 Å². The van der Waals surface area contributed by atoms with Crippen LogP contribution in [-0.4, -0.2) is 37.3 Å². The first-order valence-corrected chi connectivity index (χ1v) is 8.83. The van der Waals surface area contributed by atoms with Gasteiger partial charge in [0.15, 0.2) is 3.61 Å². The van der Waals surface area contributed by atoms with Gasteiger partial charge in [-0.3, -0.25) is 9.59 Å². The van der Waals surface area contributed by atoms with Gasteiger partial charge in [0.1, 0.15) is 11.2 Å². The third-order valence-electron chi connectivity index (χ3n) is 3.48. The van der Waals surface area contributed by atoms with Gasteiger partial charge in [-0.15, -0.1) is 0 Å². The van der Waals surface area contributed by atoms with E-state index in [-0.39, 0.29) is 49.5 Å². The molecule has 0 bridgehead atoms. The number of aliphatic hydroxyl groups excluding tert-OH is 2. The average molecular weight is 658 g/mol. The van der Waals surface area contributed by atoms with E-state index in [4.69, 9.17) is 11.5 Å². The van der Waals surface area contributed by atoms with E-state index in [9.17, 15) is 24.9 Å². The van der Waals surface area contributed by atoms with E-state index in [0.717, 1.165) is 0 Å². The Bertz CT molecular complexity index is 584. The molecule has 120 valence electrons. The summed E-state index contributed by atoms with van der Waals surface area (Å²) in [5.74, 6) is -3.17. The predicted octanol–water partition coefficient (Wildman–Crippen LogP) is -2.28. The van der Waals surface area contributed by atoms with Crippen LogP contribution in [0, 0.1) is 11.3 Å². The van der Waals surface area contributed by atoms with Crippen LogP contribution in [0.25, 0.3) is 0 Å². The zero-order chi connectivity index (χ0) is 16.7. The zero-order valence-corrected chi connectivity index (χ0v) is 20.2. The summed E-state index contributed by atoms with van der Waals surface area (Å²) in [6.07, 6.45) is 0. The number of halogens is 3. The maximum atomic E-state index is 12.1. The molecule has 3 unspecified atom stereocenters. The normalized spacial score (nSPS) is 29.9. The predicted molar refractivity (Wildman–Crippen MR) is 102 cm³/mol. The van der Waals surface area contributed by atoms with E-state index < -0.39 is 33.4 Å². The second-order valence-electron chi connectivity index (χ2n) is 4.59. The Balaban J connectivity index is 0. The van der Waals surface area contributed by atoms with Gasteiger partial charge in [-0.05, 0) is 67.8 Å². The molecule has 0 saturated carbocycles. The van der Waals surface area contributed by atoms with Crippen LogP contribution in [0.4, 0.5) is 0 Å². The van der Waals surface area contributed by atoms with Crippen molar-refractivity contribution < 1.29 is 55.9 Å². The molecule has 0 radical (unpaired) electrons. The van der Waals surface area contributed by atoms with Gasteiger partial charge in [-0.2, -0.15) is 0 Å². The molecule has 0 heterocycles. The summed E-state index contributed by atoms with van der Waals surface area (Å²) in [7, 11) is 0. The van der Waals surface area contributed by atoms with Gasteiger partial charge in [0.2, 0.25) is 11.8 Å². The molecule has 2 amide bonds. The summed E-state index contributed by atoms with van der Waals surface area (Å²) >= 11 is 4.86.